The zero-order valence-electron chi connectivity index (χ0n) is 15.2. The zero-order chi connectivity index (χ0) is 19.1. The van der Waals surface area contributed by atoms with Gasteiger partial charge in [-0.25, -0.2) is 4.98 Å². The molecule has 27 heavy (non-hydrogen) atoms. The first kappa shape index (κ1) is 18.7. The van der Waals surface area contributed by atoms with Gasteiger partial charge in [-0.2, -0.15) is 0 Å². The maximum Gasteiger partial charge on any atom is 0.270 e. The Morgan fingerprint density at radius 3 is 2.67 bits per heavy atom. The van der Waals surface area contributed by atoms with Gasteiger partial charge >= 0.3 is 0 Å². The molecule has 140 valence electrons. The molecule has 0 saturated carbocycles. The molecule has 0 unspecified atom stereocenters. The van der Waals surface area contributed by atoms with Gasteiger partial charge in [0.1, 0.15) is 17.2 Å². The molecule has 0 radical (unpaired) electrons. The number of aromatic nitrogens is 1. The maximum absolute atomic E-state index is 12.3. The van der Waals surface area contributed by atoms with E-state index in [1.807, 2.05) is 42.5 Å². The number of rotatable bonds is 8. The number of anilines is 2. The molecule has 0 aliphatic heterocycles. The Labute approximate surface area is 162 Å². The van der Waals surface area contributed by atoms with E-state index in [2.05, 4.69) is 15.6 Å². The molecule has 0 bridgehead atoms. The van der Waals surface area contributed by atoms with Crippen molar-refractivity contribution in [3.05, 3.63) is 65.2 Å². The lowest BCUT2D eigenvalue weighted by Gasteiger charge is -2.10. The summed E-state index contributed by atoms with van der Waals surface area (Å²) in [4.78, 5) is 16.6. The Balaban J connectivity index is 1.58. The lowest BCUT2D eigenvalue weighted by atomic mass is 10.1. The summed E-state index contributed by atoms with van der Waals surface area (Å²) in [6.07, 6.45) is 0.783. The number of benzene rings is 2. The summed E-state index contributed by atoms with van der Waals surface area (Å²) in [5.74, 6) is 1.16. The van der Waals surface area contributed by atoms with Gasteiger partial charge in [0, 0.05) is 18.0 Å². The highest BCUT2D eigenvalue weighted by atomic mass is 32.1. The Kier molecular flexibility index (Phi) is 6.27. The molecule has 0 atom stereocenters. The largest absolute Gasteiger partial charge is 0.497 e. The molecule has 3 rings (SSSR count). The highest BCUT2D eigenvalue weighted by Crippen LogP contribution is 2.32. The van der Waals surface area contributed by atoms with Gasteiger partial charge < -0.3 is 20.1 Å². The van der Waals surface area contributed by atoms with E-state index in [4.69, 9.17) is 9.47 Å². The highest BCUT2D eigenvalue weighted by molar-refractivity contribution is 7.14. The van der Waals surface area contributed by atoms with Crippen LogP contribution in [0.3, 0.4) is 0 Å². The van der Waals surface area contributed by atoms with Gasteiger partial charge in [-0.3, -0.25) is 4.79 Å². The van der Waals surface area contributed by atoms with E-state index in [-0.39, 0.29) is 5.91 Å². The van der Waals surface area contributed by atoms with E-state index in [0.29, 0.717) is 28.9 Å². The van der Waals surface area contributed by atoms with Crippen LogP contribution >= 0.6 is 11.3 Å². The first-order chi connectivity index (χ1) is 13.2. The number of carbonyl (C=O) groups excluding carboxylic acids is 1. The van der Waals surface area contributed by atoms with E-state index < -0.39 is 0 Å². The van der Waals surface area contributed by atoms with Crippen molar-refractivity contribution in [2.24, 2.45) is 0 Å². The zero-order valence-corrected chi connectivity index (χ0v) is 16.0. The Hall–Kier alpha value is -3.06. The third-order valence-corrected chi connectivity index (χ3v) is 4.69. The summed E-state index contributed by atoms with van der Waals surface area (Å²) >= 11 is 1.36. The lowest BCUT2D eigenvalue weighted by molar-refractivity contribution is 0.0950. The first-order valence-electron chi connectivity index (χ1n) is 8.46. The molecule has 0 saturated heterocycles. The minimum atomic E-state index is -0.183. The predicted molar refractivity (Wildman–Crippen MR) is 107 cm³/mol. The number of nitrogens with one attached hydrogen (secondary N) is 2. The van der Waals surface area contributed by atoms with E-state index >= 15 is 0 Å². The summed E-state index contributed by atoms with van der Waals surface area (Å²) in [5.41, 5.74) is 2.33. The molecular formula is C20H21N3O3S. The van der Waals surface area contributed by atoms with E-state index in [1.165, 1.54) is 16.9 Å². The molecule has 0 spiro atoms. The maximum atomic E-state index is 12.3. The second kappa shape index (κ2) is 9.05. The quantitative estimate of drug-likeness (QED) is 0.618. The molecule has 0 aliphatic rings. The van der Waals surface area contributed by atoms with Gasteiger partial charge in [-0.15, -0.1) is 11.3 Å². The summed E-state index contributed by atoms with van der Waals surface area (Å²) < 4.78 is 10.6. The van der Waals surface area contributed by atoms with Gasteiger partial charge in [0.25, 0.3) is 5.91 Å². The Morgan fingerprint density at radius 2 is 1.93 bits per heavy atom. The van der Waals surface area contributed by atoms with Gasteiger partial charge in [0.15, 0.2) is 5.13 Å². The van der Waals surface area contributed by atoms with E-state index in [0.717, 1.165) is 12.1 Å². The third kappa shape index (κ3) is 4.98. The van der Waals surface area contributed by atoms with Crippen molar-refractivity contribution >= 4 is 28.1 Å². The molecule has 7 heteroatoms. The number of amides is 1. The monoisotopic (exact) mass is 383 g/mol. The number of hydrogen-bond donors (Lipinski definition) is 2. The number of thiazole rings is 1. The van der Waals surface area contributed by atoms with Crippen molar-refractivity contribution < 1.29 is 14.3 Å². The molecule has 0 aliphatic carbocycles. The number of ether oxygens (including phenoxy) is 2. The van der Waals surface area contributed by atoms with Crippen molar-refractivity contribution in [3.63, 3.8) is 0 Å². The van der Waals surface area contributed by atoms with Gasteiger partial charge in [0.05, 0.1) is 19.9 Å². The second-order valence-corrected chi connectivity index (χ2v) is 6.58. The molecule has 0 fully saturated rings. The summed E-state index contributed by atoms with van der Waals surface area (Å²) in [6.45, 7) is 0.565. The van der Waals surface area contributed by atoms with Crippen LogP contribution in [0, 0.1) is 0 Å². The van der Waals surface area contributed by atoms with Crippen LogP contribution in [0.4, 0.5) is 10.8 Å². The first-order valence-corrected chi connectivity index (χ1v) is 9.34. The topological polar surface area (TPSA) is 72.5 Å². The Bertz CT molecular complexity index is 896. The van der Waals surface area contributed by atoms with Crippen LogP contribution in [-0.2, 0) is 6.42 Å². The minimum absolute atomic E-state index is 0.183. The number of nitrogens with zero attached hydrogens (tertiary/aromatic N) is 1. The molecular weight excluding hydrogens is 362 g/mol. The van der Waals surface area contributed by atoms with E-state index in [9.17, 15) is 4.79 Å². The standard InChI is InChI=1S/C20H21N3O3S/c1-25-15-8-9-16(18(12-15)26-2)22-20-23-17(13-27-20)19(24)21-11-10-14-6-4-3-5-7-14/h3-9,12-13H,10-11H2,1-2H3,(H,21,24)(H,22,23). The average Bonchev–Trinajstić information content (AvgIpc) is 3.17. The van der Waals surface area contributed by atoms with Crippen LogP contribution in [0.15, 0.2) is 53.9 Å². The van der Waals surface area contributed by atoms with Crippen LogP contribution in [0.25, 0.3) is 0 Å². The molecule has 1 aromatic heterocycles. The molecule has 2 N–H and O–H groups in total. The molecule has 1 heterocycles. The molecule has 6 nitrogen and oxygen atoms in total. The van der Waals surface area contributed by atoms with Crippen molar-refractivity contribution in [1.29, 1.82) is 0 Å². The minimum Gasteiger partial charge on any atom is -0.497 e. The van der Waals surface area contributed by atoms with Crippen LogP contribution in [0.1, 0.15) is 16.1 Å². The molecule has 3 aromatic rings. The predicted octanol–water partition coefficient (Wildman–Crippen LogP) is 3.88. The van der Waals surface area contributed by atoms with E-state index in [1.54, 1.807) is 25.7 Å². The third-order valence-electron chi connectivity index (χ3n) is 3.93. The normalized spacial score (nSPS) is 10.3. The number of carbonyl (C=O) groups is 1. The number of methoxy groups -OCH3 is 2. The van der Waals surface area contributed by atoms with Crippen LogP contribution in [-0.4, -0.2) is 31.7 Å². The number of hydrogen-bond acceptors (Lipinski definition) is 6. The highest BCUT2D eigenvalue weighted by Gasteiger charge is 2.12. The van der Waals surface area contributed by atoms with Crippen molar-refractivity contribution in [2.45, 2.75) is 6.42 Å². The fourth-order valence-corrected chi connectivity index (χ4v) is 3.21. The SMILES string of the molecule is COc1ccc(Nc2nc(C(=O)NCCc3ccccc3)cs2)c(OC)c1. The van der Waals surface area contributed by atoms with Gasteiger partial charge in [0.2, 0.25) is 0 Å². The summed E-state index contributed by atoms with van der Waals surface area (Å²) in [6, 6.07) is 15.5. The lowest BCUT2D eigenvalue weighted by Crippen LogP contribution is -2.25. The van der Waals surface area contributed by atoms with Crippen molar-refractivity contribution in [3.8, 4) is 11.5 Å². The van der Waals surface area contributed by atoms with Crippen LogP contribution in [0.5, 0.6) is 11.5 Å². The van der Waals surface area contributed by atoms with Crippen molar-refractivity contribution in [2.75, 3.05) is 26.1 Å². The summed E-state index contributed by atoms with van der Waals surface area (Å²) in [5, 5.41) is 8.43. The fourth-order valence-electron chi connectivity index (χ4n) is 2.51. The summed E-state index contributed by atoms with van der Waals surface area (Å²) in [7, 11) is 3.19. The molecule has 2 aromatic carbocycles. The van der Waals surface area contributed by atoms with Crippen LogP contribution < -0.4 is 20.1 Å². The average molecular weight is 383 g/mol. The van der Waals surface area contributed by atoms with Gasteiger partial charge in [-0.1, -0.05) is 30.3 Å². The molecule has 1 amide bonds. The van der Waals surface area contributed by atoms with Crippen molar-refractivity contribution in [1.82, 2.24) is 10.3 Å². The second-order valence-electron chi connectivity index (χ2n) is 5.72. The van der Waals surface area contributed by atoms with Crippen LogP contribution in [0.2, 0.25) is 0 Å². The smallest absolute Gasteiger partial charge is 0.270 e. The Morgan fingerprint density at radius 1 is 1.11 bits per heavy atom. The fraction of sp³-hybridized carbons (Fsp3) is 0.200. The van der Waals surface area contributed by atoms with Gasteiger partial charge in [-0.05, 0) is 24.1 Å².